The molecular weight excluding hydrogens is 316 g/mol. The summed E-state index contributed by atoms with van der Waals surface area (Å²) in [6.45, 7) is 7.21. The molecule has 3 heterocycles. The van der Waals surface area contributed by atoms with Gasteiger partial charge in [0.15, 0.2) is 0 Å². The number of fused-ring (bicyclic) bond motifs is 1. The molecule has 0 unspecified atom stereocenters. The Kier molecular flexibility index (Phi) is 3.80. The average Bonchev–Trinajstić information content (AvgIpc) is 3.15. The normalized spacial score (nSPS) is 14.7. The lowest BCUT2D eigenvalue weighted by Crippen LogP contribution is -2.37. The SMILES string of the molecule is Cc1ccc(-c2[nH]ncc2CN2CCn3c(nn(C)c3=O)C2)cc1C. The van der Waals surface area contributed by atoms with E-state index in [9.17, 15) is 4.79 Å². The molecule has 1 N–H and O–H groups in total. The van der Waals surface area contributed by atoms with Crippen LogP contribution < -0.4 is 5.69 Å². The first-order chi connectivity index (χ1) is 12.0. The Labute approximate surface area is 145 Å². The van der Waals surface area contributed by atoms with Crippen molar-refractivity contribution >= 4 is 0 Å². The van der Waals surface area contributed by atoms with E-state index in [1.165, 1.54) is 15.8 Å². The molecule has 0 amide bonds. The van der Waals surface area contributed by atoms with E-state index in [1.807, 2.05) is 6.20 Å². The highest BCUT2D eigenvalue weighted by Crippen LogP contribution is 2.25. The topological polar surface area (TPSA) is 71.7 Å². The molecule has 1 aliphatic heterocycles. The van der Waals surface area contributed by atoms with Crippen LogP contribution in [0.25, 0.3) is 11.3 Å². The fourth-order valence-corrected chi connectivity index (χ4v) is 3.37. The van der Waals surface area contributed by atoms with Crippen molar-refractivity contribution in [2.45, 2.75) is 33.5 Å². The molecule has 7 nitrogen and oxygen atoms in total. The monoisotopic (exact) mass is 338 g/mol. The fourth-order valence-electron chi connectivity index (χ4n) is 3.37. The highest BCUT2D eigenvalue weighted by atomic mass is 16.2. The molecule has 7 heteroatoms. The summed E-state index contributed by atoms with van der Waals surface area (Å²) in [6, 6.07) is 6.47. The second kappa shape index (κ2) is 6.00. The van der Waals surface area contributed by atoms with Gasteiger partial charge in [-0.1, -0.05) is 12.1 Å². The van der Waals surface area contributed by atoms with Gasteiger partial charge >= 0.3 is 5.69 Å². The first kappa shape index (κ1) is 15.8. The number of aromatic nitrogens is 5. The van der Waals surface area contributed by atoms with Gasteiger partial charge in [0.25, 0.3) is 0 Å². The van der Waals surface area contributed by atoms with Crippen molar-refractivity contribution in [3.05, 3.63) is 57.4 Å². The minimum absolute atomic E-state index is 0.0335. The second-order valence-corrected chi connectivity index (χ2v) is 6.75. The van der Waals surface area contributed by atoms with E-state index >= 15 is 0 Å². The largest absolute Gasteiger partial charge is 0.345 e. The third-order valence-electron chi connectivity index (χ3n) is 5.00. The summed E-state index contributed by atoms with van der Waals surface area (Å²) in [7, 11) is 1.70. The Bertz CT molecular complexity index is 980. The molecule has 0 radical (unpaired) electrons. The maximum Gasteiger partial charge on any atom is 0.345 e. The van der Waals surface area contributed by atoms with Gasteiger partial charge in [-0.15, -0.1) is 0 Å². The van der Waals surface area contributed by atoms with Crippen molar-refractivity contribution in [1.29, 1.82) is 0 Å². The van der Waals surface area contributed by atoms with Crippen LogP contribution in [0.2, 0.25) is 0 Å². The van der Waals surface area contributed by atoms with Gasteiger partial charge in [0.2, 0.25) is 0 Å². The van der Waals surface area contributed by atoms with E-state index in [0.29, 0.717) is 13.1 Å². The number of benzene rings is 1. The first-order valence-electron chi connectivity index (χ1n) is 8.48. The van der Waals surface area contributed by atoms with Crippen molar-refractivity contribution < 1.29 is 0 Å². The zero-order chi connectivity index (χ0) is 17.6. The van der Waals surface area contributed by atoms with Gasteiger partial charge in [0.05, 0.1) is 18.4 Å². The molecule has 0 atom stereocenters. The number of nitrogens with zero attached hydrogens (tertiary/aromatic N) is 5. The van der Waals surface area contributed by atoms with E-state index in [4.69, 9.17) is 0 Å². The molecule has 1 aromatic carbocycles. The Hall–Kier alpha value is -2.67. The minimum atomic E-state index is -0.0335. The number of H-pyrrole nitrogens is 1. The Morgan fingerprint density at radius 1 is 1.20 bits per heavy atom. The number of rotatable bonds is 3. The standard InChI is InChI=1S/C18H22N6O/c1-12-4-5-14(8-13(12)2)17-15(9-19-20-17)10-23-6-7-24-16(11-23)21-22(3)18(24)25/h4-5,8-9H,6-7,10-11H2,1-3H3,(H,19,20). The van der Waals surface area contributed by atoms with Crippen LogP contribution in [0.3, 0.4) is 0 Å². The lowest BCUT2D eigenvalue weighted by Gasteiger charge is -2.26. The molecular formula is C18H22N6O. The summed E-state index contributed by atoms with van der Waals surface area (Å²) < 4.78 is 3.17. The fraction of sp³-hybridized carbons (Fsp3) is 0.389. The zero-order valence-electron chi connectivity index (χ0n) is 14.8. The van der Waals surface area contributed by atoms with E-state index < -0.39 is 0 Å². The van der Waals surface area contributed by atoms with Gasteiger partial charge < -0.3 is 0 Å². The summed E-state index contributed by atoms with van der Waals surface area (Å²) in [4.78, 5) is 14.3. The number of nitrogens with one attached hydrogen (secondary N) is 1. The predicted molar refractivity (Wildman–Crippen MR) is 95.1 cm³/mol. The minimum Gasteiger partial charge on any atom is -0.290 e. The molecule has 2 aromatic heterocycles. The molecule has 4 rings (SSSR count). The van der Waals surface area contributed by atoms with Crippen LogP contribution >= 0.6 is 0 Å². The van der Waals surface area contributed by atoms with Gasteiger partial charge in [-0.25, -0.2) is 9.48 Å². The van der Waals surface area contributed by atoms with Gasteiger partial charge in [0, 0.05) is 37.8 Å². The van der Waals surface area contributed by atoms with Gasteiger partial charge in [0.1, 0.15) is 5.82 Å². The maximum absolute atomic E-state index is 12.0. The van der Waals surface area contributed by atoms with Crippen LogP contribution in [-0.4, -0.2) is 36.0 Å². The van der Waals surface area contributed by atoms with Crippen LogP contribution in [0, 0.1) is 13.8 Å². The molecule has 0 fully saturated rings. The van der Waals surface area contributed by atoms with Crippen LogP contribution in [-0.2, 0) is 26.7 Å². The molecule has 0 saturated carbocycles. The van der Waals surface area contributed by atoms with Crippen LogP contribution in [0.15, 0.2) is 29.2 Å². The lowest BCUT2D eigenvalue weighted by molar-refractivity contribution is 0.207. The Morgan fingerprint density at radius 2 is 2.04 bits per heavy atom. The zero-order valence-corrected chi connectivity index (χ0v) is 14.8. The number of aryl methyl sites for hydroxylation is 3. The Morgan fingerprint density at radius 3 is 2.84 bits per heavy atom. The van der Waals surface area contributed by atoms with Crippen molar-refractivity contribution in [2.24, 2.45) is 7.05 Å². The summed E-state index contributed by atoms with van der Waals surface area (Å²) >= 11 is 0. The van der Waals surface area contributed by atoms with Crippen molar-refractivity contribution in [3.8, 4) is 11.3 Å². The third kappa shape index (κ3) is 2.80. The van der Waals surface area contributed by atoms with Crippen LogP contribution in [0.1, 0.15) is 22.5 Å². The smallest absolute Gasteiger partial charge is 0.290 e. The summed E-state index contributed by atoms with van der Waals surface area (Å²) in [5.74, 6) is 0.829. The molecule has 0 spiro atoms. The summed E-state index contributed by atoms with van der Waals surface area (Å²) in [5, 5.41) is 11.7. The average molecular weight is 338 g/mol. The molecule has 25 heavy (non-hydrogen) atoms. The summed E-state index contributed by atoms with van der Waals surface area (Å²) in [5.41, 5.74) is 5.90. The van der Waals surface area contributed by atoms with E-state index in [0.717, 1.165) is 35.7 Å². The van der Waals surface area contributed by atoms with Crippen LogP contribution in [0.5, 0.6) is 0 Å². The number of hydrogen-bond acceptors (Lipinski definition) is 4. The molecule has 0 bridgehead atoms. The lowest BCUT2D eigenvalue weighted by atomic mass is 10.0. The Balaban J connectivity index is 1.57. The molecule has 0 saturated heterocycles. The van der Waals surface area contributed by atoms with Gasteiger partial charge in [-0.05, 0) is 31.0 Å². The molecule has 3 aromatic rings. The van der Waals surface area contributed by atoms with Crippen molar-refractivity contribution in [3.63, 3.8) is 0 Å². The quantitative estimate of drug-likeness (QED) is 0.787. The van der Waals surface area contributed by atoms with Crippen LogP contribution in [0.4, 0.5) is 0 Å². The first-order valence-corrected chi connectivity index (χ1v) is 8.48. The number of hydrogen-bond donors (Lipinski definition) is 1. The molecule has 1 aliphatic rings. The van der Waals surface area contributed by atoms with Gasteiger partial charge in [-0.3, -0.25) is 14.6 Å². The third-order valence-corrected chi connectivity index (χ3v) is 5.00. The van der Waals surface area contributed by atoms with Crippen molar-refractivity contribution in [2.75, 3.05) is 6.54 Å². The summed E-state index contributed by atoms with van der Waals surface area (Å²) in [6.07, 6.45) is 1.89. The maximum atomic E-state index is 12.0. The van der Waals surface area contributed by atoms with Crippen molar-refractivity contribution in [1.82, 2.24) is 29.4 Å². The highest BCUT2D eigenvalue weighted by molar-refractivity contribution is 5.64. The van der Waals surface area contributed by atoms with Gasteiger partial charge in [-0.2, -0.15) is 10.2 Å². The van der Waals surface area contributed by atoms with E-state index in [1.54, 1.807) is 11.6 Å². The molecule has 130 valence electrons. The second-order valence-electron chi connectivity index (χ2n) is 6.75. The number of aromatic amines is 1. The van der Waals surface area contributed by atoms with E-state index in [-0.39, 0.29) is 5.69 Å². The highest BCUT2D eigenvalue weighted by Gasteiger charge is 2.22. The van der Waals surface area contributed by atoms with E-state index in [2.05, 4.69) is 52.2 Å². The predicted octanol–water partition coefficient (Wildman–Crippen LogP) is 1.60. The molecule has 0 aliphatic carbocycles.